The van der Waals surface area contributed by atoms with Gasteiger partial charge in [-0.1, -0.05) is 24.3 Å². The maximum atomic E-state index is 7.01. The zero-order chi connectivity index (χ0) is 7.90. The number of hydrogen-bond acceptors (Lipinski definition) is 2. The largest absolute Gasteiger partial charge is 0.209 e. The highest BCUT2D eigenvalue weighted by Gasteiger charge is 2.37. The molecule has 1 N–H and O–H groups in total. The molecule has 0 spiro atoms. The van der Waals surface area contributed by atoms with Crippen LogP contribution in [0.5, 0.6) is 0 Å². The van der Waals surface area contributed by atoms with Gasteiger partial charge in [0.2, 0.25) is 0 Å². The van der Waals surface area contributed by atoms with Gasteiger partial charge < -0.3 is 0 Å². The van der Waals surface area contributed by atoms with Crippen molar-refractivity contribution in [2.75, 3.05) is 0 Å². The fourth-order valence-corrected chi connectivity index (χ4v) is 1.66. The third kappa shape index (κ3) is 0.723. The van der Waals surface area contributed by atoms with Crippen molar-refractivity contribution in [1.82, 2.24) is 0 Å². The summed E-state index contributed by atoms with van der Waals surface area (Å²) in [5.41, 5.74) is 9.36. The minimum atomic E-state index is -0.212. The van der Waals surface area contributed by atoms with Crippen LogP contribution >= 0.6 is 0 Å². The van der Waals surface area contributed by atoms with Gasteiger partial charge in [-0.05, 0) is 18.1 Å². The van der Waals surface area contributed by atoms with E-state index in [1.54, 1.807) is 0 Å². The zero-order valence-electron chi connectivity index (χ0n) is 6.46. The second kappa shape index (κ2) is 1.91. The van der Waals surface area contributed by atoms with Crippen LogP contribution in [0.25, 0.3) is 0 Å². The molecular weight excluding hydrogens is 136 g/mol. The first-order chi connectivity index (χ1) is 5.26. The number of nitrogens with zero attached hydrogens (tertiary/aromatic N) is 1. The Balaban J connectivity index is 2.50. The fourth-order valence-electron chi connectivity index (χ4n) is 1.66. The first-order valence-electron chi connectivity index (χ1n) is 3.73. The molecule has 0 heterocycles. The smallest absolute Gasteiger partial charge is 0.108 e. The van der Waals surface area contributed by atoms with Gasteiger partial charge in [-0.2, -0.15) is 5.11 Å². The topological polar surface area (TPSA) is 36.2 Å². The molecule has 1 unspecified atom stereocenters. The number of benzene rings is 1. The lowest BCUT2D eigenvalue weighted by atomic mass is 9.73. The van der Waals surface area contributed by atoms with Crippen LogP contribution in [0.4, 0.5) is 0 Å². The Morgan fingerprint density at radius 1 is 1.45 bits per heavy atom. The van der Waals surface area contributed by atoms with Gasteiger partial charge in [0, 0.05) is 6.42 Å². The standard InChI is InChI=1S/C9H10N2/c1-9(11-10)6-7-4-2-3-5-8(7)9/h2-5,10H,6H2,1H3. The summed E-state index contributed by atoms with van der Waals surface area (Å²) in [5, 5.41) is 3.62. The molecule has 1 atom stereocenters. The second-order valence-electron chi connectivity index (χ2n) is 3.22. The van der Waals surface area contributed by atoms with Crippen LogP contribution in [0.3, 0.4) is 0 Å². The molecule has 1 aliphatic rings. The third-order valence-electron chi connectivity index (χ3n) is 2.38. The number of nitrogens with one attached hydrogen (secondary N) is 1. The second-order valence-corrected chi connectivity index (χ2v) is 3.22. The first kappa shape index (κ1) is 6.53. The molecule has 1 aliphatic carbocycles. The number of rotatable bonds is 1. The maximum Gasteiger partial charge on any atom is 0.108 e. The molecule has 0 amide bonds. The highest BCUT2D eigenvalue weighted by molar-refractivity contribution is 5.43. The highest BCUT2D eigenvalue weighted by Crippen LogP contribution is 2.41. The minimum Gasteiger partial charge on any atom is -0.209 e. The van der Waals surface area contributed by atoms with Crippen LogP contribution < -0.4 is 0 Å². The molecule has 2 heteroatoms. The van der Waals surface area contributed by atoms with Crippen LogP contribution in [0.15, 0.2) is 29.4 Å². The molecule has 1 aromatic rings. The van der Waals surface area contributed by atoms with Gasteiger partial charge in [0.05, 0.1) is 0 Å². The van der Waals surface area contributed by atoms with Crippen LogP contribution in [0.2, 0.25) is 0 Å². The van der Waals surface area contributed by atoms with Crippen molar-refractivity contribution in [3.05, 3.63) is 35.4 Å². The Labute approximate surface area is 65.8 Å². The summed E-state index contributed by atoms with van der Waals surface area (Å²) in [5.74, 6) is 0. The third-order valence-corrected chi connectivity index (χ3v) is 2.38. The van der Waals surface area contributed by atoms with Gasteiger partial charge in [-0.15, -0.1) is 0 Å². The monoisotopic (exact) mass is 146 g/mol. The Morgan fingerprint density at radius 3 is 2.82 bits per heavy atom. The van der Waals surface area contributed by atoms with Crippen molar-refractivity contribution in [3.63, 3.8) is 0 Å². The van der Waals surface area contributed by atoms with Crippen molar-refractivity contribution >= 4 is 0 Å². The van der Waals surface area contributed by atoms with Crippen molar-refractivity contribution in [2.45, 2.75) is 18.9 Å². The molecule has 11 heavy (non-hydrogen) atoms. The highest BCUT2D eigenvalue weighted by atomic mass is 15.0. The lowest BCUT2D eigenvalue weighted by Crippen LogP contribution is -2.32. The van der Waals surface area contributed by atoms with E-state index in [9.17, 15) is 0 Å². The predicted molar refractivity (Wildman–Crippen MR) is 42.6 cm³/mol. The number of hydrogen-bond donors (Lipinski definition) is 1. The molecule has 0 aliphatic heterocycles. The lowest BCUT2D eigenvalue weighted by Gasteiger charge is -2.35. The average molecular weight is 146 g/mol. The van der Waals surface area contributed by atoms with Crippen molar-refractivity contribution < 1.29 is 0 Å². The molecular formula is C9H10N2. The molecule has 0 saturated carbocycles. The molecule has 56 valence electrons. The van der Waals surface area contributed by atoms with Gasteiger partial charge in [0.15, 0.2) is 0 Å². The first-order valence-corrected chi connectivity index (χ1v) is 3.73. The van der Waals surface area contributed by atoms with Crippen molar-refractivity contribution in [2.24, 2.45) is 5.11 Å². The minimum absolute atomic E-state index is 0.212. The Hall–Kier alpha value is -1.18. The van der Waals surface area contributed by atoms with Crippen LogP contribution in [-0.4, -0.2) is 0 Å². The summed E-state index contributed by atoms with van der Waals surface area (Å²) in [7, 11) is 0. The van der Waals surface area contributed by atoms with E-state index in [0.29, 0.717) is 0 Å². The molecule has 0 bridgehead atoms. The summed E-state index contributed by atoms with van der Waals surface area (Å²) in [6, 6.07) is 8.18. The molecule has 0 saturated heterocycles. The van der Waals surface area contributed by atoms with E-state index in [1.165, 1.54) is 11.1 Å². The van der Waals surface area contributed by atoms with E-state index in [2.05, 4.69) is 17.2 Å². The molecule has 0 radical (unpaired) electrons. The lowest BCUT2D eigenvalue weighted by molar-refractivity contribution is 0.400. The molecule has 0 fully saturated rings. The summed E-state index contributed by atoms with van der Waals surface area (Å²) in [6.45, 7) is 2.00. The van der Waals surface area contributed by atoms with E-state index in [-0.39, 0.29) is 5.54 Å². The summed E-state index contributed by atoms with van der Waals surface area (Å²) >= 11 is 0. The van der Waals surface area contributed by atoms with Crippen molar-refractivity contribution in [1.29, 1.82) is 5.53 Å². The summed E-state index contributed by atoms with van der Waals surface area (Å²) in [4.78, 5) is 0. The Kier molecular flexibility index (Phi) is 1.13. The maximum absolute atomic E-state index is 7.01. The summed E-state index contributed by atoms with van der Waals surface area (Å²) in [6.07, 6.45) is 0.923. The zero-order valence-corrected chi connectivity index (χ0v) is 6.46. The van der Waals surface area contributed by atoms with Crippen LogP contribution in [-0.2, 0) is 12.0 Å². The van der Waals surface area contributed by atoms with Gasteiger partial charge in [-0.3, -0.25) is 0 Å². The van der Waals surface area contributed by atoms with E-state index < -0.39 is 0 Å². The molecule has 2 rings (SSSR count). The van der Waals surface area contributed by atoms with Gasteiger partial charge >= 0.3 is 0 Å². The Bertz CT molecular complexity index is 306. The Morgan fingerprint density at radius 2 is 2.18 bits per heavy atom. The van der Waals surface area contributed by atoms with Gasteiger partial charge in [-0.25, -0.2) is 5.53 Å². The number of fused-ring (bicyclic) bond motifs is 1. The summed E-state index contributed by atoms with van der Waals surface area (Å²) < 4.78 is 0. The molecule has 2 nitrogen and oxygen atoms in total. The van der Waals surface area contributed by atoms with E-state index in [0.717, 1.165) is 6.42 Å². The van der Waals surface area contributed by atoms with E-state index in [1.807, 2.05) is 19.1 Å². The normalized spacial score (nSPS) is 27.0. The van der Waals surface area contributed by atoms with E-state index >= 15 is 0 Å². The van der Waals surface area contributed by atoms with Crippen LogP contribution in [0, 0.1) is 5.53 Å². The van der Waals surface area contributed by atoms with Crippen LogP contribution in [0.1, 0.15) is 18.1 Å². The average Bonchev–Trinajstić information content (AvgIpc) is 2.02. The predicted octanol–water partition coefficient (Wildman–Crippen LogP) is 2.49. The van der Waals surface area contributed by atoms with Gasteiger partial charge in [0.25, 0.3) is 0 Å². The van der Waals surface area contributed by atoms with E-state index in [4.69, 9.17) is 5.53 Å². The fraction of sp³-hybridized carbons (Fsp3) is 0.333. The van der Waals surface area contributed by atoms with Gasteiger partial charge in [0.1, 0.15) is 5.54 Å². The SMILES string of the molecule is CC1(N=N)Cc2ccccc21. The quantitative estimate of drug-likeness (QED) is 0.591. The molecule has 1 aromatic carbocycles. The van der Waals surface area contributed by atoms with Crippen molar-refractivity contribution in [3.8, 4) is 0 Å². The molecule has 0 aromatic heterocycles.